The minimum Gasteiger partial charge on any atom is -0.294 e. The van der Waals surface area contributed by atoms with E-state index in [-0.39, 0.29) is 5.78 Å². The fraction of sp³-hybridized carbons (Fsp3) is 0.125. The van der Waals surface area contributed by atoms with Gasteiger partial charge in [0.1, 0.15) is 0 Å². The molecule has 0 saturated heterocycles. The number of aromatic nitrogens is 2. The Morgan fingerprint density at radius 1 is 1.29 bits per heavy atom. The lowest BCUT2D eigenvalue weighted by Crippen LogP contribution is -2.07. The van der Waals surface area contributed by atoms with Gasteiger partial charge in [-0.05, 0) is 46.9 Å². The Kier molecular flexibility index (Phi) is 4.12. The number of aryl methyl sites for hydroxylation is 1. The topological polar surface area (TPSA) is 34.9 Å². The van der Waals surface area contributed by atoms with Crippen molar-refractivity contribution in [1.29, 1.82) is 0 Å². The van der Waals surface area contributed by atoms with Gasteiger partial charge in [0.15, 0.2) is 5.78 Å². The van der Waals surface area contributed by atoms with E-state index in [2.05, 4.69) is 43.6 Å². The van der Waals surface area contributed by atoms with Gasteiger partial charge in [-0.25, -0.2) is 0 Å². The molecular formula is C16H12BrIN2O. The average molecular weight is 455 g/mol. The lowest BCUT2D eigenvalue weighted by Gasteiger charge is -2.03. The Balaban J connectivity index is 1.99. The standard InChI is InChI=1S/C16H12BrIN2O/c1-20-15-5-3-2-4-11(15)14(19-20)9-16(21)12-8-10(17)6-7-13(12)18/h2-8H,9H2,1H3. The van der Waals surface area contributed by atoms with Crippen molar-refractivity contribution >= 4 is 55.2 Å². The number of nitrogens with zero attached hydrogens (tertiary/aromatic N) is 2. The Morgan fingerprint density at radius 3 is 2.86 bits per heavy atom. The van der Waals surface area contributed by atoms with Gasteiger partial charge < -0.3 is 0 Å². The molecule has 0 aliphatic carbocycles. The van der Waals surface area contributed by atoms with Gasteiger partial charge in [-0.2, -0.15) is 5.10 Å². The first-order chi connectivity index (χ1) is 10.1. The van der Waals surface area contributed by atoms with Gasteiger partial charge in [-0.15, -0.1) is 0 Å². The van der Waals surface area contributed by atoms with Crippen molar-refractivity contribution in [1.82, 2.24) is 9.78 Å². The molecule has 0 bridgehead atoms. The van der Waals surface area contributed by atoms with Crippen LogP contribution in [0.25, 0.3) is 10.9 Å². The van der Waals surface area contributed by atoms with Crippen molar-refractivity contribution in [2.75, 3.05) is 0 Å². The number of hydrogen-bond acceptors (Lipinski definition) is 2. The molecule has 0 aliphatic rings. The number of rotatable bonds is 3. The number of fused-ring (bicyclic) bond motifs is 1. The molecule has 0 fully saturated rings. The van der Waals surface area contributed by atoms with Crippen molar-refractivity contribution in [2.45, 2.75) is 6.42 Å². The molecule has 0 radical (unpaired) electrons. The molecule has 106 valence electrons. The summed E-state index contributed by atoms with van der Waals surface area (Å²) in [7, 11) is 1.90. The number of para-hydroxylation sites is 1. The number of benzene rings is 2. The van der Waals surface area contributed by atoms with Crippen LogP contribution in [-0.2, 0) is 13.5 Å². The summed E-state index contributed by atoms with van der Waals surface area (Å²) in [6.45, 7) is 0. The molecule has 0 saturated carbocycles. The predicted octanol–water partition coefficient (Wildman–Crippen LogP) is 4.37. The zero-order chi connectivity index (χ0) is 15.0. The van der Waals surface area contributed by atoms with Crippen molar-refractivity contribution in [3.05, 3.63) is 61.8 Å². The summed E-state index contributed by atoms with van der Waals surface area (Å²) in [5, 5.41) is 5.53. The first kappa shape index (κ1) is 14.7. The van der Waals surface area contributed by atoms with Crippen LogP contribution in [0, 0.1) is 3.57 Å². The van der Waals surface area contributed by atoms with Gasteiger partial charge in [0.2, 0.25) is 0 Å². The van der Waals surface area contributed by atoms with E-state index in [0.29, 0.717) is 6.42 Å². The Bertz CT molecular complexity index is 841. The number of halogens is 2. The highest BCUT2D eigenvalue weighted by Gasteiger charge is 2.16. The summed E-state index contributed by atoms with van der Waals surface area (Å²) in [6.07, 6.45) is 0.313. The summed E-state index contributed by atoms with van der Waals surface area (Å²) in [5.41, 5.74) is 2.61. The van der Waals surface area contributed by atoms with E-state index in [1.54, 1.807) is 0 Å². The minimum atomic E-state index is 0.0875. The fourth-order valence-corrected chi connectivity index (χ4v) is 3.38. The minimum absolute atomic E-state index is 0.0875. The molecule has 0 atom stereocenters. The Labute approximate surface area is 144 Å². The van der Waals surface area contributed by atoms with Crippen molar-refractivity contribution in [3.8, 4) is 0 Å². The van der Waals surface area contributed by atoms with Crippen molar-refractivity contribution in [3.63, 3.8) is 0 Å². The second kappa shape index (κ2) is 5.88. The number of ketones is 1. The lowest BCUT2D eigenvalue weighted by molar-refractivity contribution is 0.0991. The van der Waals surface area contributed by atoms with E-state index in [4.69, 9.17) is 0 Å². The molecule has 0 aliphatic heterocycles. The molecule has 5 heteroatoms. The highest BCUT2D eigenvalue weighted by Crippen LogP contribution is 2.22. The first-order valence-corrected chi connectivity index (χ1v) is 8.32. The molecule has 3 aromatic rings. The fourth-order valence-electron chi connectivity index (χ4n) is 2.38. The zero-order valence-corrected chi connectivity index (χ0v) is 15.1. The van der Waals surface area contributed by atoms with Crippen LogP contribution in [-0.4, -0.2) is 15.6 Å². The van der Waals surface area contributed by atoms with Gasteiger partial charge >= 0.3 is 0 Å². The summed E-state index contributed by atoms with van der Waals surface area (Å²) < 4.78 is 3.70. The van der Waals surface area contributed by atoms with Gasteiger partial charge in [0.05, 0.1) is 17.6 Å². The van der Waals surface area contributed by atoms with Gasteiger partial charge in [-0.1, -0.05) is 34.1 Å². The second-order valence-electron chi connectivity index (χ2n) is 4.81. The molecule has 1 aromatic heterocycles. The molecule has 3 nitrogen and oxygen atoms in total. The van der Waals surface area contributed by atoms with Crippen molar-refractivity contribution < 1.29 is 4.79 Å². The smallest absolute Gasteiger partial charge is 0.170 e. The molecule has 0 N–H and O–H groups in total. The van der Waals surface area contributed by atoms with E-state index in [0.717, 1.165) is 30.2 Å². The molecule has 1 heterocycles. The first-order valence-electron chi connectivity index (χ1n) is 6.45. The molecule has 0 amide bonds. The van der Waals surface area contributed by atoms with Crippen LogP contribution < -0.4 is 0 Å². The van der Waals surface area contributed by atoms with Gasteiger partial charge in [0.25, 0.3) is 0 Å². The van der Waals surface area contributed by atoms with E-state index in [1.807, 2.05) is 54.2 Å². The van der Waals surface area contributed by atoms with Crippen LogP contribution >= 0.6 is 38.5 Å². The van der Waals surface area contributed by atoms with Gasteiger partial charge in [0, 0.05) is 26.0 Å². The highest BCUT2D eigenvalue weighted by molar-refractivity contribution is 14.1. The van der Waals surface area contributed by atoms with E-state index < -0.39 is 0 Å². The molecule has 21 heavy (non-hydrogen) atoms. The second-order valence-corrected chi connectivity index (χ2v) is 6.89. The SMILES string of the molecule is Cn1nc(CC(=O)c2cc(Br)ccc2I)c2ccccc21. The lowest BCUT2D eigenvalue weighted by atomic mass is 10.0. The normalized spacial score (nSPS) is 11.0. The molecule has 3 rings (SSSR count). The predicted molar refractivity (Wildman–Crippen MR) is 95.6 cm³/mol. The summed E-state index contributed by atoms with van der Waals surface area (Å²) in [4.78, 5) is 12.6. The highest BCUT2D eigenvalue weighted by atomic mass is 127. The molecular weight excluding hydrogens is 443 g/mol. The average Bonchev–Trinajstić information content (AvgIpc) is 2.78. The van der Waals surface area contributed by atoms with Crippen LogP contribution in [0.2, 0.25) is 0 Å². The van der Waals surface area contributed by atoms with Crippen molar-refractivity contribution in [2.24, 2.45) is 7.05 Å². The maximum Gasteiger partial charge on any atom is 0.170 e. The van der Waals surface area contributed by atoms with Crippen LogP contribution in [0.3, 0.4) is 0 Å². The Hall–Kier alpha value is -1.21. The third-order valence-corrected chi connectivity index (χ3v) is 4.83. The molecule has 2 aromatic carbocycles. The number of hydrogen-bond donors (Lipinski definition) is 0. The zero-order valence-electron chi connectivity index (χ0n) is 11.3. The Morgan fingerprint density at radius 2 is 2.05 bits per heavy atom. The third-order valence-electron chi connectivity index (χ3n) is 3.39. The number of carbonyl (C=O) groups is 1. The summed E-state index contributed by atoms with van der Waals surface area (Å²) in [6, 6.07) is 13.7. The monoisotopic (exact) mass is 454 g/mol. The van der Waals surface area contributed by atoms with Crippen LogP contribution in [0.5, 0.6) is 0 Å². The largest absolute Gasteiger partial charge is 0.294 e. The summed E-state index contributed by atoms with van der Waals surface area (Å²) in [5.74, 6) is 0.0875. The molecule has 0 spiro atoms. The number of Topliss-reactive ketones (excluding diaryl/α,β-unsaturated/α-hetero) is 1. The van der Waals surface area contributed by atoms with Crippen LogP contribution in [0.1, 0.15) is 16.1 Å². The molecule has 0 unspecified atom stereocenters. The number of carbonyl (C=O) groups excluding carboxylic acids is 1. The third kappa shape index (κ3) is 2.89. The van der Waals surface area contributed by atoms with E-state index in [9.17, 15) is 4.79 Å². The maximum absolute atomic E-state index is 12.6. The summed E-state index contributed by atoms with van der Waals surface area (Å²) >= 11 is 5.61. The van der Waals surface area contributed by atoms with E-state index >= 15 is 0 Å². The van der Waals surface area contributed by atoms with Crippen LogP contribution in [0.15, 0.2) is 46.9 Å². The van der Waals surface area contributed by atoms with Gasteiger partial charge in [-0.3, -0.25) is 9.48 Å². The quantitative estimate of drug-likeness (QED) is 0.435. The van der Waals surface area contributed by atoms with Crippen LogP contribution in [0.4, 0.5) is 0 Å². The maximum atomic E-state index is 12.6. The van der Waals surface area contributed by atoms with E-state index in [1.165, 1.54) is 0 Å².